The number of nitrogens with one attached hydrogen (secondary N) is 3. The van der Waals surface area contributed by atoms with Crippen molar-refractivity contribution in [3.05, 3.63) is 63.6 Å². The van der Waals surface area contributed by atoms with Crippen molar-refractivity contribution in [2.24, 2.45) is 0 Å². The van der Waals surface area contributed by atoms with Crippen LogP contribution in [-0.2, 0) is 13.0 Å². The van der Waals surface area contributed by atoms with Gasteiger partial charge in [-0.3, -0.25) is 9.59 Å². The van der Waals surface area contributed by atoms with E-state index in [1.54, 1.807) is 12.1 Å². The van der Waals surface area contributed by atoms with E-state index in [0.717, 1.165) is 30.8 Å². The first-order chi connectivity index (χ1) is 9.74. The van der Waals surface area contributed by atoms with Gasteiger partial charge in [0.1, 0.15) is 5.69 Å². The highest BCUT2D eigenvalue weighted by molar-refractivity contribution is 6.03. The predicted octanol–water partition coefficient (Wildman–Crippen LogP) is 1.27. The van der Waals surface area contributed by atoms with Crippen molar-refractivity contribution in [3.63, 3.8) is 0 Å². The van der Waals surface area contributed by atoms with Crippen LogP contribution in [0.1, 0.15) is 21.6 Å². The number of aromatic amines is 1. The Labute approximate surface area is 116 Å². The number of fused-ring (bicyclic) bond motifs is 1. The standard InChI is InChI=1S/C15H15N3O2/c19-14-6-2-5-13(17-14)15(20)18-12-4-1-3-10-7-8-16-9-11(10)12/h1-6,16H,7-9H2,(H,17,19)(H,18,20). The van der Waals surface area contributed by atoms with E-state index >= 15 is 0 Å². The summed E-state index contributed by atoms with van der Waals surface area (Å²) in [7, 11) is 0. The van der Waals surface area contributed by atoms with Crippen molar-refractivity contribution in [3.8, 4) is 0 Å². The molecule has 0 spiro atoms. The average molecular weight is 269 g/mol. The Morgan fingerprint density at radius 1 is 1.15 bits per heavy atom. The van der Waals surface area contributed by atoms with Gasteiger partial charge < -0.3 is 15.6 Å². The third kappa shape index (κ3) is 2.48. The zero-order valence-electron chi connectivity index (χ0n) is 10.9. The summed E-state index contributed by atoms with van der Waals surface area (Å²) in [5, 5.41) is 6.16. The van der Waals surface area contributed by atoms with E-state index in [0.29, 0.717) is 0 Å². The molecule has 0 atom stereocenters. The number of hydrogen-bond donors (Lipinski definition) is 3. The summed E-state index contributed by atoms with van der Waals surface area (Å²) < 4.78 is 0. The van der Waals surface area contributed by atoms with Crippen LogP contribution in [0.3, 0.4) is 0 Å². The van der Waals surface area contributed by atoms with E-state index in [-0.39, 0.29) is 17.2 Å². The number of aromatic nitrogens is 1. The van der Waals surface area contributed by atoms with Gasteiger partial charge in [0.25, 0.3) is 5.91 Å². The van der Waals surface area contributed by atoms with Crippen molar-refractivity contribution in [1.29, 1.82) is 0 Å². The van der Waals surface area contributed by atoms with Crippen LogP contribution in [-0.4, -0.2) is 17.4 Å². The molecule has 3 N–H and O–H groups in total. The molecule has 1 aliphatic rings. The Balaban J connectivity index is 1.88. The number of carbonyl (C=O) groups is 1. The van der Waals surface area contributed by atoms with Gasteiger partial charge in [-0.05, 0) is 36.2 Å². The first-order valence-corrected chi connectivity index (χ1v) is 6.56. The van der Waals surface area contributed by atoms with Crippen LogP contribution in [0.4, 0.5) is 5.69 Å². The van der Waals surface area contributed by atoms with Crippen molar-refractivity contribution in [2.45, 2.75) is 13.0 Å². The van der Waals surface area contributed by atoms with Gasteiger partial charge in [-0.1, -0.05) is 18.2 Å². The SMILES string of the molecule is O=C(Nc1cccc2c1CNCC2)c1cccc(=O)[nH]1. The van der Waals surface area contributed by atoms with Crippen molar-refractivity contribution >= 4 is 11.6 Å². The topological polar surface area (TPSA) is 74.0 Å². The molecule has 1 aliphatic heterocycles. The second-order valence-corrected chi connectivity index (χ2v) is 4.75. The lowest BCUT2D eigenvalue weighted by Gasteiger charge is -2.20. The number of benzene rings is 1. The summed E-state index contributed by atoms with van der Waals surface area (Å²) in [5.74, 6) is -0.304. The molecular weight excluding hydrogens is 254 g/mol. The van der Waals surface area contributed by atoms with E-state index in [9.17, 15) is 9.59 Å². The highest BCUT2D eigenvalue weighted by Gasteiger charge is 2.15. The van der Waals surface area contributed by atoms with Crippen LogP contribution < -0.4 is 16.2 Å². The third-order valence-corrected chi connectivity index (χ3v) is 3.41. The van der Waals surface area contributed by atoms with Crippen LogP contribution in [0.15, 0.2) is 41.2 Å². The molecule has 0 fully saturated rings. The molecular formula is C15H15N3O2. The Morgan fingerprint density at radius 3 is 2.85 bits per heavy atom. The molecule has 5 nitrogen and oxygen atoms in total. The zero-order chi connectivity index (χ0) is 13.9. The van der Waals surface area contributed by atoms with Gasteiger partial charge in [0, 0.05) is 18.3 Å². The predicted molar refractivity (Wildman–Crippen MR) is 76.9 cm³/mol. The Bertz CT molecular complexity index is 706. The van der Waals surface area contributed by atoms with Gasteiger partial charge in [0.15, 0.2) is 0 Å². The van der Waals surface area contributed by atoms with E-state index in [4.69, 9.17) is 0 Å². The molecule has 102 valence electrons. The molecule has 0 unspecified atom stereocenters. The number of hydrogen-bond acceptors (Lipinski definition) is 3. The normalized spacial score (nSPS) is 13.6. The molecule has 1 amide bonds. The summed E-state index contributed by atoms with van der Waals surface area (Å²) in [6.45, 7) is 1.70. The van der Waals surface area contributed by atoms with Crippen molar-refractivity contribution in [1.82, 2.24) is 10.3 Å². The van der Waals surface area contributed by atoms with Gasteiger partial charge >= 0.3 is 0 Å². The lowest BCUT2D eigenvalue weighted by atomic mass is 9.99. The zero-order valence-corrected chi connectivity index (χ0v) is 10.9. The second kappa shape index (κ2) is 5.30. The maximum Gasteiger partial charge on any atom is 0.272 e. The molecule has 0 bridgehead atoms. The number of rotatable bonds is 2. The van der Waals surface area contributed by atoms with Crippen LogP contribution >= 0.6 is 0 Å². The average Bonchev–Trinajstić information content (AvgIpc) is 2.47. The van der Waals surface area contributed by atoms with Crippen molar-refractivity contribution < 1.29 is 4.79 Å². The minimum absolute atomic E-state index is 0.263. The Kier molecular flexibility index (Phi) is 3.35. The molecule has 20 heavy (non-hydrogen) atoms. The first kappa shape index (κ1) is 12.6. The molecule has 1 aromatic heterocycles. The molecule has 2 aromatic rings. The summed E-state index contributed by atoms with van der Waals surface area (Å²) in [6.07, 6.45) is 0.960. The molecule has 3 rings (SSSR count). The molecule has 0 saturated heterocycles. The van der Waals surface area contributed by atoms with E-state index in [1.165, 1.54) is 11.6 Å². The highest BCUT2D eigenvalue weighted by Crippen LogP contribution is 2.23. The molecule has 2 heterocycles. The molecule has 0 saturated carbocycles. The fraction of sp³-hybridized carbons (Fsp3) is 0.200. The molecule has 5 heteroatoms. The number of anilines is 1. The first-order valence-electron chi connectivity index (χ1n) is 6.56. The third-order valence-electron chi connectivity index (χ3n) is 3.41. The van der Waals surface area contributed by atoms with Crippen LogP contribution in [0.25, 0.3) is 0 Å². The molecule has 1 aromatic carbocycles. The molecule has 0 radical (unpaired) electrons. The fourth-order valence-corrected chi connectivity index (χ4v) is 2.40. The largest absolute Gasteiger partial charge is 0.320 e. The van der Waals surface area contributed by atoms with E-state index in [1.807, 2.05) is 12.1 Å². The van der Waals surface area contributed by atoms with Crippen molar-refractivity contribution in [2.75, 3.05) is 11.9 Å². The lowest BCUT2D eigenvalue weighted by molar-refractivity contribution is 0.102. The van der Waals surface area contributed by atoms with Gasteiger partial charge in [-0.15, -0.1) is 0 Å². The maximum atomic E-state index is 12.2. The van der Waals surface area contributed by atoms with Gasteiger partial charge in [0.05, 0.1) is 0 Å². The second-order valence-electron chi connectivity index (χ2n) is 4.75. The van der Waals surface area contributed by atoms with E-state index in [2.05, 4.69) is 21.7 Å². The Hall–Kier alpha value is -2.40. The van der Waals surface area contributed by atoms with Crippen LogP contribution in [0, 0.1) is 0 Å². The number of pyridine rings is 1. The lowest BCUT2D eigenvalue weighted by Crippen LogP contribution is -2.26. The van der Waals surface area contributed by atoms with Crippen LogP contribution in [0.5, 0.6) is 0 Å². The summed E-state index contributed by atoms with van der Waals surface area (Å²) in [4.78, 5) is 25.9. The quantitative estimate of drug-likeness (QED) is 0.768. The summed E-state index contributed by atoms with van der Waals surface area (Å²) >= 11 is 0. The summed E-state index contributed by atoms with van der Waals surface area (Å²) in [5.41, 5.74) is 3.14. The van der Waals surface area contributed by atoms with Gasteiger partial charge in [-0.25, -0.2) is 0 Å². The molecule has 0 aliphatic carbocycles. The monoisotopic (exact) mass is 269 g/mol. The minimum Gasteiger partial charge on any atom is -0.320 e. The number of carbonyl (C=O) groups excluding carboxylic acids is 1. The minimum atomic E-state index is -0.304. The smallest absolute Gasteiger partial charge is 0.272 e. The van der Waals surface area contributed by atoms with Gasteiger partial charge in [-0.2, -0.15) is 0 Å². The van der Waals surface area contributed by atoms with Gasteiger partial charge in [0.2, 0.25) is 5.56 Å². The number of amides is 1. The fourth-order valence-electron chi connectivity index (χ4n) is 2.40. The number of H-pyrrole nitrogens is 1. The summed E-state index contributed by atoms with van der Waals surface area (Å²) in [6, 6.07) is 10.4. The maximum absolute atomic E-state index is 12.2. The van der Waals surface area contributed by atoms with Crippen LogP contribution in [0.2, 0.25) is 0 Å². The highest BCUT2D eigenvalue weighted by atomic mass is 16.2. The Morgan fingerprint density at radius 2 is 2.00 bits per heavy atom. The van der Waals surface area contributed by atoms with E-state index < -0.39 is 0 Å².